The summed E-state index contributed by atoms with van der Waals surface area (Å²) >= 11 is 0. The first kappa shape index (κ1) is 22.6. The molecule has 0 unspecified atom stereocenters. The van der Waals surface area contributed by atoms with E-state index in [1.165, 1.54) is 37.7 Å². The molecule has 1 N–H and O–H groups in total. The zero-order valence-electron chi connectivity index (χ0n) is 20.4. The minimum atomic E-state index is -0.185. The SMILES string of the molecule is CC(C)[C@H](C)CC[C@@H](C)[C@H]1CC[C@H]2[C@@H]3CCC4=CC(=O)CC[C@]4(C)[C@H]3C[C@H](O)[C@]12C. The van der Waals surface area contributed by atoms with Crippen molar-refractivity contribution in [3.8, 4) is 0 Å². The van der Waals surface area contributed by atoms with Gasteiger partial charge in [-0.05, 0) is 96.9 Å². The Balaban J connectivity index is 1.54. The number of rotatable bonds is 5. The van der Waals surface area contributed by atoms with Gasteiger partial charge in [-0.15, -0.1) is 0 Å². The number of carbonyl (C=O) groups is 1. The highest BCUT2D eigenvalue weighted by atomic mass is 16.3. The lowest BCUT2D eigenvalue weighted by molar-refractivity contribution is -0.141. The normalized spacial score (nSPS) is 45.4. The molecular formula is C28H46O2. The molecule has 2 nitrogen and oxygen atoms in total. The molecule has 0 saturated heterocycles. The van der Waals surface area contributed by atoms with E-state index >= 15 is 0 Å². The minimum absolute atomic E-state index is 0.0870. The minimum Gasteiger partial charge on any atom is -0.393 e. The maximum absolute atomic E-state index is 12.1. The van der Waals surface area contributed by atoms with Gasteiger partial charge in [0.2, 0.25) is 0 Å². The molecule has 4 rings (SSSR count). The van der Waals surface area contributed by atoms with Crippen LogP contribution in [0.15, 0.2) is 11.6 Å². The van der Waals surface area contributed by atoms with E-state index < -0.39 is 0 Å². The number of aliphatic hydroxyl groups excluding tert-OH is 1. The van der Waals surface area contributed by atoms with Gasteiger partial charge in [0.15, 0.2) is 5.78 Å². The van der Waals surface area contributed by atoms with Gasteiger partial charge >= 0.3 is 0 Å². The van der Waals surface area contributed by atoms with E-state index in [4.69, 9.17) is 0 Å². The van der Waals surface area contributed by atoms with Gasteiger partial charge in [0, 0.05) is 6.42 Å². The van der Waals surface area contributed by atoms with Crippen molar-refractivity contribution in [2.24, 2.45) is 52.3 Å². The second kappa shape index (κ2) is 8.05. The van der Waals surface area contributed by atoms with Crippen LogP contribution in [-0.2, 0) is 4.79 Å². The van der Waals surface area contributed by atoms with Crippen LogP contribution in [-0.4, -0.2) is 17.0 Å². The molecule has 170 valence electrons. The largest absolute Gasteiger partial charge is 0.393 e. The van der Waals surface area contributed by atoms with E-state index in [9.17, 15) is 9.90 Å². The molecule has 0 aromatic carbocycles. The van der Waals surface area contributed by atoms with Gasteiger partial charge in [-0.25, -0.2) is 0 Å². The molecule has 0 bridgehead atoms. The van der Waals surface area contributed by atoms with Gasteiger partial charge in [-0.1, -0.05) is 60.0 Å². The predicted octanol–water partition coefficient (Wildman–Crippen LogP) is 6.81. The van der Waals surface area contributed by atoms with Crippen molar-refractivity contribution in [3.05, 3.63) is 11.6 Å². The molecule has 0 aromatic heterocycles. The highest BCUT2D eigenvalue weighted by Gasteiger charge is 2.62. The third kappa shape index (κ3) is 3.44. The topological polar surface area (TPSA) is 37.3 Å². The summed E-state index contributed by atoms with van der Waals surface area (Å²) in [6.45, 7) is 14.4. The Morgan fingerprint density at radius 1 is 1.03 bits per heavy atom. The van der Waals surface area contributed by atoms with Crippen LogP contribution in [0.4, 0.5) is 0 Å². The van der Waals surface area contributed by atoms with Crippen LogP contribution in [0, 0.1) is 52.3 Å². The average Bonchev–Trinajstić information content (AvgIpc) is 3.06. The molecular weight excluding hydrogens is 368 g/mol. The van der Waals surface area contributed by atoms with Gasteiger partial charge in [-0.2, -0.15) is 0 Å². The molecule has 3 fully saturated rings. The number of aliphatic hydroxyl groups is 1. The maximum atomic E-state index is 12.1. The summed E-state index contributed by atoms with van der Waals surface area (Å²) in [6, 6.07) is 0. The van der Waals surface area contributed by atoms with E-state index in [-0.39, 0.29) is 16.9 Å². The van der Waals surface area contributed by atoms with E-state index in [0.29, 0.717) is 35.9 Å². The molecule has 3 saturated carbocycles. The van der Waals surface area contributed by atoms with Crippen molar-refractivity contribution in [1.29, 1.82) is 0 Å². The fourth-order valence-electron chi connectivity index (χ4n) is 8.55. The monoisotopic (exact) mass is 414 g/mol. The number of ketones is 1. The standard InChI is InChI=1S/C28H46O2/c1-17(2)18(3)7-8-19(4)23-11-12-24-22-10-9-20-15-21(29)13-14-27(20,5)25(22)16-26(30)28(23,24)6/h15,17-19,22-26,30H,7-14,16H2,1-6H3/t18-,19-,22+,23-,24+,25+,26+,27+,28-/m1/s1. The Morgan fingerprint density at radius 2 is 1.77 bits per heavy atom. The molecule has 4 aliphatic rings. The maximum Gasteiger partial charge on any atom is 0.155 e. The summed E-state index contributed by atoms with van der Waals surface area (Å²) in [7, 11) is 0. The number of allylic oxidation sites excluding steroid dienone is 1. The van der Waals surface area contributed by atoms with Crippen molar-refractivity contribution < 1.29 is 9.90 Å². The van der Waals surface area contributed by atoms with Crippen LogP contribution in [0.1, 0.15) is 99.3 Å². The van der Waals surface area contributed by atoms with Gasteiger partial charge in [0.1, 0.15) is 0 Å². The van der Waals surface area contributed by atoms with Gasteiger partial charge in [0.25, 0.3) is 0 Å². The molecule has 30 heavy (non-hydrogen) atoms. The van der Waals surface area contributed by atoms with Crippen LogP contribution in [0.2, 0.25) is 0 Å². The van der Waals surface area contributed by atoms with Gasteiger partial charge in [-0.3, -0.25) is 4.79 Å². The summed E-state index contributed by atoms with van der Waals surface area (Å²) in [5, 5.41) is 11.6. The summed E-state index contributed by atoms with van der Waals surface area (Å²) < 4.78 is 0. The molecule has 0 aromatic rings. The molecule has 2 heteroatoms. The third-order valence-electron chi connectivity index (χ3n) is 11.0. The molecule has 0 heterocycles. The predicted molar refractivity (Wildman–Crippen MR) is 124 cm³/mol. The lowest BCUT2D eigenvalue weighted by atomic mass is 9.45. The summed E-state index contributed by atoms with van der Waals surface area (Å²) in [6.07, 6.45) is 12.0. The van der Waals surface area contributed by atoms with Crippen molar-refractivity contribution >= 4 is 5.78 Å². The molecule has 0 aliphatic heterocycles. The number of fused-ring (bicyclic) bond motifs is 5. The van der Waals surface area contributed by atoms with Crippen LogP contribution in [0.25, 0.3) is 0 Å². The summed E-state index contributed by atoms with van der Waals surface area (Å²) in [5.41, 5.74) is 1.64. The first-order valence-electron chi connectivity index (χ1n) is 13.0. The number of hydrogen-bond acceptors (Lipinski definition) is 2. The zero-order chi connectivity index (χ0) is 21.8. The Labute approximate surface area is 185 Å². The first-order chi connectivity index (χ1) is 14.1. The van der Waals surface area contributed by atoms with E-state index in [1.54, 1.807) is 0 Å². The van der Waals surface area contributed by atoms with Crippen molar-refractivity contribution in [2.75, 3.05) is 0 Å². The van der Waals surface area contributed by atoms with Crippen LogP contribution >= 0.6 is 0 Å². The molecule has 9 atom stereocenters. The van der Waals surface area contributed by atoms with Crippen LogP contribution in [0.3, 0.4) is 0 Å². The lowest BCUT2D eigenvalue weighted by Crippen LogP contribution is -2.56. The third-order valence-corrected chi connectivity index (χ3v) is 11.0. The highest BCUT2D eigenvalue weighted by Crippen LogP contribution is 2.67. The molecule has 4 aliphatic carbocycles. The molecule has 0 radical (unpaired) electrons. The lowest BCUT2D eigenvalue weighted by Gasteiger charge is -2.60. The van der Waals surface area contributed by atoms with E-state index in [2.05, 4.69) is 41.5 Å². The van der Waals surface area contributed by atoms with E-state index in [1.807, 2.05) is 6.08 Å². The highest BCUT2D eigenvalue weighted by molar-refractivity contribution is 5.91. The zero-order valence-corrected chi connectivity index (χ0v) is 20.4. The number of hydrogen-bond donors (Lipinski definition) is 1. The first-order valence-corrected chi connectivity index (χ1v) is 13.0. The average molecular weight is 415 g/mol. The van der Waals surface area contributed by atoms with Crippen LogP contribution < -0.4 is 0 Å². The summed E-state index contributed by atoms with van der Waals surface area (Å²) in [5.74, 6) is 5.21. The fourth-order valence-corrected chi connectivity index (χ4v) is 8.55. The van der Waals surface area contributed by atoms with Crippen LogP contribution in [0.5, 0.6) is 0 Å². The fraction of sp³-hybridized carbons (Fsp3) is 0.893. The summed E-state index contributed by atoms with van der Waals surface area (Å²) in [4.78, 5) is 12.1. The smallest absolute Gasteiger partial charge is 0.155 e. The Kier molecular flexibility index (Phi) is 6.06. The van der Waals surface area contributed by atoms with Crippen molar-refractivity contribution in [3.63, 3.8) is 0 Å². The van der Waals surface area contributed by atoms with Crippen molar-refractivity contribution in [1.82, 2.24) is 0 Å². The van der Waals surface area contributed by atoms with E-state index in [0.717, 1.165) is 37.0 Å². The van der Waals surface area contributed by atoms with Gasteiger partial charge in [0.05, 0.1) is 6.10 Å². The quantitative estimate of drug-likeness (QED) is 0.536. The second-order valence-electron chi connectivity index (χ2n) is 12.5. The van der Waals surface area contributed by atoms with Gasteiger partial charge < -0.3 is 5.11 Å². The Bertz CT molecular complexity index is 693. The molecule has 0 amide bonds. The Morgan fingerprint density at radius 3 is 2.47 bits per heavy atom. The second-order valence-corrected chi connectivity index (χ2v) is 12.5. The Hall–Kier alpha value is -0.630. The van der Waals surface area contributed by atoms with Crippen molar-refractivity contribution in [2.45, 2.75) is 105 Å². The molecule has 0 spiro atoms. The number of carbonyl (C=O) groups excluding carboxylic acids is 1.